The average Bonchev–Trinajstić information content (AvgIpc) is 2.86. The summed E-state index contributed by atoms with van der Waals surface area (Å²) in [7, 11) is 1.73. The molecule has 16 heavy (non-hydrogen) atoms. The van der Waals surface area contributed by atoms with Gasteiger partial charge in [0.2, 0.25) is 0 Å². The number of aromatic nitrogens is 7. The van der Waals surface area contributed by atoms with Crippen LogP contribution in [0.15, 0.2) is 6.20 Å². The normalized spacial score (nSPS) is 10.9. The van der Waals surface area contributed by atoms with E-state index in [0.29, 0.717) is 18.9 Å². The lowest BCUT2D eigenvalue weighted by Gasteiger charge is -1.93. The molecular weight excluding hydrogens is 208 g/mol. The lowest BCUT2D eigenvalue weighted by atomic mass is 10.2. The first-order chi connectivity index (χ1) is 7.78. The molecule has 0 radical (unpaired) electrons. The summed E-state index contributed by atoms with van der Waals surface area (Å²) >= 11 is 0. The van der Waals surface area contributed by atoms with Crippen LogP contribution in [0.1, 0.15) is 17.9 Å². The van der Waals surface area contributed by atoms with Crippen LogP contribution in [-0.2, 0) is 20.0 Å². The van der Waals surface area contributed by atoms with E-state index in [1.54, 1.807) is 11.7 Å². The maximum Gasteiger partial charge on any atom is 0.196 e. The minimum Gasteiger partial charge on any atom is -0.330 e. The van der Waals surface area contributed by atoms with E-state index >= 15 is 0 Å². The predicted octanol–water partition coefficient (Wildman–Crippen LogP) is -1.26. The minimum atomic E-state index is 0.490. The summed E-state index contributed by atoms with van der Waals surface area (Å²) in [6, 6.07) is 0. The Hall–Kier alpha value is -1.83. The second-order valence-electron chi connectivity index (χ2n) is 3.49. The summed E-state index contributed by atoms with van der Waals surface area (Å²) < 4.78 is 1.70. The SMILES string of the molecule is Cn1nnc(Cn2cc(CCCN)nn2)n1. The second kappa shape index (κ2) is 4.79. The summed E-state index contributed by atoms with van der Waals surface area (Å²) in [5.41, 5.74) is 6.36. The molecule has 0 unspecified atom stereocenters. The van der Waals surface area contributed by atoms with E-state index in [1.807, 2.05) is 6.20 Å². The molecule has 0 saturated carbocycles. The summed E-state index contributed by atoms with van der Waals surface area (Å²) in [4.78, 5) is 1.42. The number of hydrogen-bond acceptors (Lipinski definition) is 6. The Balaban J connectivity index is 1.97. The number of hydrogen-bond donors (Lipinski definition) is 1. The Morgan fingerprint density at radius 1 is 1.31 bits per heavy atom. The Labute approximate surface area is 92.4 Å². The number of nitrogens with two attached hydrogens (primary N) is 1. The van der Waals surface area contributed by atoms with Crippen molar-refractivity contribution in [1.29, 1.82) is 0 Å². The van der Waals surface area contributed by atoms with Crippen LogP contribution in [0.25, 0.3) is 0 Å². The van der Waals surface area contributed by atoms with E-state index in [2.05, 4.69) is 25.7 Å². The lowest BCUT2D eigenvalue weighted by Crippen LogP contribution is -2.03. The van der Waals surface area contributed by atoms with Crippen molar-refractivity contribution in [1.82, 2.24) is 35.2 Å². The summed E-state index contributed by atoms with van der Waals surface area (Å²) in [6.45, 7) is 1.15. The molecule has 0 amide bonds. The fraction of sp³-hybridized carbons (Fsp3) is 0.625. The molecular formula is C8H14N8. The van der Waals surface area contributed by atoms with Gasteiger partial charge < -0.3 is 5.73 Å². The van der Waals surface area contributed by atoms with Crippen LogP contribution in [0, 0.1) is 0 Å². The average molecular weight is 222 g/mol. The van der Waals surface area contributed by atoms with Crippen LogP contribution in [0.4, 0.5) is 0 Å². The maximum absolute atomic E-state index is 5.42. The van der Waals surface area contributed by atoms with Gasteiger partial charge in [0.05, 0.1) is 12.7 Å². The molecule has 8 nitrogen and oxygen atoms in total. The highest BCUT2D eigenvalue weighted by Crippen LogP contribution is 1.98. The molecule has 2 heterocycles. The van der Waals surface area contributed by atoms with Gasteiger partial charge in [-0.25, -0.2) is 4.68 Å². The van der Waals surface area contributed by atoms with E-state index in [0.717, 1.165) is 18.5 Å². The zero-order valence-electron chi connectivity index (χ0n) is 9.11. The number of aryl methyl sites for hydroxylation is 2. The first-order valence-electron chi connectivity index (χ1n) is 5.10. The molecule has 0 aliphatic carbocycles. The van der Waals surface area contributed by atoms with Gasteiger partial charge in [-0.15, -0.1) is 15.3 Å². The zero-order chi connectivity index (χ0) is 11.4. The fourth-order valence-electron chi connectivity index (χ4n) is 1.35. The lowest BCUT2D eigenvalue weighted by molar-refractivity contribution is 0.607. The van der Waals surface area contributed by atoms with Crippen LogP contribution >= 0.6 is 0 Å². The van der Waals surface area contributed by atoms with Gasteiger partial charge in [0.25, 0.3) is 0 Å². The molecule has 0 atom stereocenters. The van der Waals surface area contributed by atoms with Gasteiger partial charge >= 0.3 is 0 Å². The van der Waals surface area contributed by atoms with Gasteiger partial charge in [-0.3, -0.25) is 0 Å². The van der Waals surface area contributed by atoms with Crippen molar-refractivity contribution in [3.05, 3.63) is 17.7 Å². The van der Waals surface area contributed by atoms with Crippen molar-refractivity contribution in [3.63, 3.8) is 0 Å². The minimum absolute atomic E-state index is 0.490. The van der Waals surface area contributed by atoms with Gasteiger partial charge in [0.1, 0.15) is 6.54 Å². The Bertz CT molecular complexity index is 444. The zero-order valence-corrected chi connectivity index (χ0v) is 9.11. The summed E-state index contributed by atoms with van der Waals surface area (Å²) in [5, 5.41) is 19.7. The summed E-state index contributed by atoms with van der Waals surface area (Å²) in [5.74, 6) is 0.623. The van der Waals surface area contributed by atoms with Crippen molar-refractivity contribution >= 4 is 0 Å². The molecule has 8 heteroatoms. The van der Waals surface area contributed by atoms with Crippen molar-refractivity contribution in [2.75, 3.05) is 6.54 Å². The van der Waals surface area contributed by atoms with Crippen molar-refractivity contribution < 1.29 is 0 Å². The van der Waals surface area contributed by atoms with Gasteiger partial charge in [0, 0.05) is 6.20 Å². The fourth-order valence-corrected chi connectivity index (χ4v) is 1.35. The van der Waals surface area contributed by atoms with E-state index in [-0.39, 0.29) is 0 Å². The highest BCUT2D eigenvalue weighted by molar-refractivity contribution is 4.93. The van der Waals surface area contributed by atoms with E-state index in [1.165, 1.54) is 4.80 Å². The molecule has 0 aliphatic heterocycles. The number of tetrazole rings is 1. The second-order valence-corrected chi connectivity index (χ2v) is 3.49. The molecule has 2 rings (SSSR count). The monoisotopic (exact) mass is 222 g/mol. The quantitative estimate of drug-likeness (QED) is 0.677. The third-order valence-corrected chi connectivity index (χ3v) is 2.08. The molecule has 0 spiro atoms. The molecule has 2 aromatic heterocycles. The first kappa shape index (κ1) is 10.7. The summed E-state index contributed by atoms with van der Waals surface area (Å²) in [6.07, 6.45) is 3.65. The van der Waals surface area contributed by atoms with Crippen LogP contribution in [0.2, 0.25) is 0 Å². The molecule has 2 aromatic rings. The molecule has 0 fully saturated rings. The van der Waals surface area contributed by atoms with Crippen molar-refractivity contribution in [2.45, 2.75) is 19.4 Å². The Morgan fingerprint density at radius 2 is 2.19 bits per heavy atom. The Kier molecular flexibility index (Phi) is 3.20. The molecule has 0 bridgehead atoms. The third-order valence-electron chi connectivity index (χ3n) is 2.08. The molecule has 2 N–H and O–H groups in total. The van der Waals surface area contributed by atoms with E-state index in [4.69, 9.17) is 5.73 Å². The highest BCUT2D eigenvalue weighted by atomic mass is 15.6. The molecule has 0 aliphatic rings. The third kappa shape index (κ3) is 2.60. The number of rotatable bonds is 5. The van der Waals surface area contributed by atoms with Crippen LogP contribution in [-0.4, -0.2) is 41.7 Å². The van der Waals surface area contributed by atoms with Crippen LogP contribution in [0.3, 0.4) is 0 Å². The van der Waals surface area contributed by atoms with Crippen molar-refractivity contribution in [2.24, 2.45) is 12.8 Å². The van der Waals surface area contributed by atoms with Gasteiger partial charge in [-0.05, 0) is 24.6 Å². The van der Waals surface area contributed by atoms with Crippen molar-refractivity contribution in [3.8, 4) is 0 Å². The maximum atomic E-state index is 5.42. The van der Waals surface area contributed by atoms with Gasteiger partial charge in [-0.2, -0.15) is 4.80 Å². The first-order valence-corrected chi connectivity index (χ1v) is 5.10. The largest absolute Gasteiger partial charge is 0.330 e. The van der Waals surface area contributed by atoms with Crippen LogP contribution < -0.4 is 5.73 Å². The van der Waals surface area contributed by atoms with E-state index < -0.39 is 0 Å². The molecule has 86 valence electrons. The van der Waals surface area contributed by atoms with Gasteiger partial charge in [-0.1, -0.05) is 5.21 Å². The van der Waals surface area contributed by atoms with Gasteiger partial charge in [0.15, 0.2) is 5.82 Å². The van der Waals surface area contributed by atoms with Crippen LogP contribution in [0.5, 0.6) is 0 Å². The number of nitrogens with zero attached hydrogens (tertiary/aromatic N) is 7. The standard InChI is InChI=1S/C8H14N8/c1-15-12-8(11-13-15)6-16-5-7(10-14-16)3-2-4-9/h5H,2-4,6,9H2,1H3. The topological polar surface area (TPSA) is 100 Å². The smallest absolute Gasteiger partial charge is 0.196 e. The predicted molar refractivity (Wildman–Crippen MR) is 55.3 cm³/mol. The molecule has 0 saturated heterocycles. The Morgan fingerprint density at radius 3 is 2.88 bits per heavy atom. The highest BCUT2D eigenvalue weighted by Gasteiger charge is 2.04. The van der Waals surface area contributed by atoms with E-state index in [9.17, 15) is 0 Å². The molecule has 0 aromatic carbocycles.